The Balaban J connectivity index is 2.15. The molecule has 0 unspecified atom stereocenters. The highest BCUT2D eigenvalue weighted by Crippen LogP contribution is 2.20. The summed E-state index contributed by atoms with van der Waals surface area (Å²) in [5.41, 5.74) is 0.842. The Hall–Kier alpha value is -0.820. The van der Waals surface area contributed by atoms with Gasteiger partial charge >= 0.3 is 0 Å². The minimum Gasteiger partial charge on any atom is -0.309 e. The second-order valence-electron chi connectivity index (χ2n) is 3.73. The largest absolute Gasteiger partial charge is 0.309 e. The lowest BCUT2D eigenvalue weighted by Crippen LogP contribution is -2.17. The van der Waals surface area contributed by atoms with E-state index >= 15 is 0 Å². The number of hydrogen-bond acceptors (Lipinski definition) is 3. The van der Waals surface area contributed by atoms with Gasteiger partial charge in [-0.25, -0.2) is 4.98 Å². The number of nitrogens with zero attached hydrogens (tertiary/aromatic N) is 1. The zero-order chi connectivity index (χ0) is 13.0. The van der Waals surface area contributed by atoms with Gasteiger partial charge in [0.2, 0.25) is 0 Å². The number of nitrogens with one attached hydrogen (secondary N) is 1. The van der Waals surface area contributed by atoms with E-state index < -0.39 is 0 Å². The van der Waals surface area contributed by atoms with Crippen LogP contribution in [0.4, 0.5) is 0 Å². The Morgan fingerprint density at radius 3 is 2.72 bits per heavy atom. The van der Waals surface area contributed by atoms with Crippen molar-refractivity contribution in [3.05, 3.63) is 55.8 Å². The van der Waals surface area contributed by atoms with Gasteiger partial charge < -0.3 is 4.98 Å². The van der Waals surface area contributed by atoms with Crippen molar-refractivity contribution >= 4 is 34.4 Å². The molecule has 0 aliphatic carbocycles. The van der Waals surface area contributed by atoms with Gasteiger partial charge in [-0.05, 0) is 41.1 Å². The SMILES string of the molecule is CCc1nc(CSc2ccccc2)[nH]c(=O)c1I. The number of aromatic nitrogens is 2. The first-order valence-electron chi connectivity index (χ1n) is 5.66. The van der Waals surface area contributed by atoms with Crippen LogP contribution in [0, 0.1) is 3.57 Å². The minimum atomic E-state index is -0.0360. The quantitative estimate of drug-likeness (QED) is 0.662. The Morgan fingerprint density at radius 1 is 1.33 bits per heavy atom. The van der Waals surface area contributed by atoms with Crippen molar-refractivity contribution in [2.75, 3.05) is 0 Å². The van der Waals surface area contributed by atoms with Crippen LogP contribution >= 0.6 is 34.4 Å². The molecule has 1 heterocycles. The van der Waals surface area contributed by atoms with Crippen molar-refractivity contribution in [2.45, 2.75) is 24.0 Å². The fourth-order valence-electron chi connectivity index (χ4n) is 1.53. The average molecular weight is 372 g/mol. The number of rotatable bonds is 4. The predicted octanol–water partition coefficient (Wildman–Crippen LogP) is 3.23. The van der Waals surface area contributed by atoms with E-state index in [0.717, 1.165) is 17.9 Å². The van der Waals surface area contributed by atoms with Crippen LogP contribution in [-0.2, 0) is 12.2 Å². The molecule has 0 aliphatic rings. The van der Waals surface area contributed by atoms with E-state index in [-0.39, 0.29) is 5.56 Å². The van der Waals surface area contributed by atoms with Gasteiger partial charge in [-0.15, -0.1) is 11.8 Å². The Labute approximate surface area is 124 Å². The standard InChI is InChI=1S/C13H13IN2OS/c1-2-10-12(14)13(17)16-11(15-10)8-18-9-6-4-3-5-7-9/h3-7H,2,8H2,1H3,(H,15,16,17). The number of aromatic amines is 1. The van der Waals surface area contributed by atoms with E-state index in [1.165, 1.54) is 4.90 Å². The van der Waals surface area contributed by atoms with Gasteiger partial charge in [0.25, 0.3) is 5.56 Å². The van der Waals surface area contributed by atoms with Crippen molar-refractivity contribution in [3.63, 3.8) is 0 Å². The van der Waals surface area contributed by atoms with Crippen LogP contribution in [0.3, 0.4) is 0 Å². The molecule has 0 amide bonds. The molecule has 1 aromatic heterocycles. The highest BCUT2D eigenvalue weighted by molar-refractivity contribution is 14.1. The third-order valence-electron chi connectivity index (χ3n) is 2.43. The lowest BCUT2D eigenvalue weighted by molar-refractivity contribution is 0.905. The number of H-pyrrole nitrogens is 1. The van der Waals surface area contributed by atoms with E-state index in [1.807, 2.05) is 47.7 Å². The Bertz CT molecular complexity index is 583. The lowest BCUT2D eigenvalue weighted by atomic mass is 10.3. The molecule has 0 bridgehead atoms. The molecule has 1 N–H and O–H groups in total. The van der Waals surface area contributed by atoms with Gasteiger partial charge in [0.15, 0.2) is 0 Å². The number of halogens is 1. The topological polar surface area (TPSA) is 45.8 Å². The summed E-state index contributed by atoms with van der Waals surface area (Å²) in [7, 11) is 0. The molecule has 18 heavy (non-hydrogen) atoms. The molecule has 0 saturated heterocycles. The van der Waals surface area contributed by atoms with Gasteiger partial charge in [0, 0.05) is 4.90 Å². The summed E-state index contributed by atoms with van der Waals surface area (Å²) in [6.45, 7) is 2.01. The predicted molar refractivity (Wildman–Crippen MR) is 83.0 cm³/mol. The zero-order valence-corrected chi connectivity index (χ0v) is 12.9. The summed E-state index contributed by atoms with van der Waals surface area (Å²) < 4.78 is 0.698. The van der Waals surface area contributed by atoms with Gasteiger partial charge in [-0.1, -0.05) is 25.1 Å². The monoisotopic (exact) mass is 372 g/mol. The molecule has 0 fully saturated rings. The normalized spacial score (nSPS) is 10.6. The third-order valence-corrected chi connectivity index (χ3v) is 4.57. The maximum Gasteiger partial charge on any atom is 0.264 e. The maximum absolute atomic E-state index is 11.7. The second-order valence-corrected chi connectivity index (χ2v) is 5.86. The molecule has 2 aromatic rings. The molecule has 1 aromatic carbocycles. The first-order chi connectivity index (χ1) is 8.70. The van der Waals surface area contributed by atoms with Gasteiger partial charge in [0.05, 0.1) is 15.0 Å². The van der Waals surface area contributed by atoms with E-state index in [2.05, 4.69) is 22.1 Å². The first kappa shape index (κ1) is 13.6. The molecule has 0 radical (unpaired) electrons. The smallest absolute Gasteiger partial charge is 0.264 e. The summed E-state index contributed by atoms with van der Waals surface area (Å²) in [6, 6.07) is 10.1. The highest BCUT2D eigenvalue weighted by Gasteiger charge is 2.07. The summed E-state index contributed by atoms with van der Waals surface area (Å²) in [5.74, 6) is 1.43. The number of thioether (sulfide) groups is 1. The van der Waals surface area contributed by atoms with E-state index in [0.29, 0.717) is 9.32 Å². The fraction of sp³-hybridized carbons (Fsp3) is 0.231. The lowest BCUT2D eigenvalue weighted by Gasteiger charge is -2.05. The molecular formula is C13H13IN2OS. The van der Waals surface area contributed by atoms with Crippen LogP contribution in [-0.4, -0.2) is 9.97 Å². The molecule has 5 heteroatoms. The van der Waals surface area contributed by atoms with Gasteiger partial charge in [-0.2, -0.15) is 0 Å². The van der Waals surface area contributed by atoms with Crippen molar-refractivity contribution in [2.24, 2.45) is 0 Å². The van der Waals surface area contributed by atoms with Crippen molar-refractivity contribution in [3.8, 4) is 0 Å². The molecule has 2 rings (SSSR count). The average Bonchev–Trinajstić information content (AvgIpc) is 2.41. The van der Waals surface area contributed by atoms with E-state index in [4.69, 9.17) is 0 Å². The van der Waals surface area contributed by atoms with Crippen LogP contribution < -0.4 is 5.56 Å². The van der Waals surface area contributed by atoms with Crippen molar-refractivity contribution in [1.29, 1.82) is 0 Å². The molecular weight excluding hydrogens is 359 g/mol. The third kappa shape index (κ3) is 3.35. The van der Waals surface area contributed by atoms with Crippen molar-refractivity contribution in [1.82, 2.24) is 9.97 Å². The molecule has 0 atom stereocenters. The van der Waals surface area contributed by atoms with E-state index in [1.54, 1.807) is 11.8 Å². The van der Waals surface area contributed by atoms with Crippen LogP contribution in [0.25, 0.3) is 0 Å². The molecule has 94 valence electrons. The van der Waals surface area contributed by atoms with Crippen LogP contribution in [0.5, 0.6) is 0 Å². The molecule has 0 spiro atoms. The Kier molecular flexibility index (Phi) is 4.82. The molecule has 3 nitrogen and oxygen atoms in total. The fourth-order valence-corrected chi connectivity index (χ4v) is 2.95. The zero-order valence-electron chi connectivity index (χ0n) is 9.94. The molecule has 0 saturated carbocycles. The minimum absolute atomic E-state index is 0.0360. The van der Waals surface area contributed by atoms with Crippen LogP contribution in [0.1, 0.15) is 18.4 Å². The van der Waals surface area contributed by atoms with Gasteiger partial charge in [-0.3, -0.25) is 4.79 Å². The Morgan fingerprint density at radius 2 is 2.06 bits per heavy atom. The van der Waals surface area contributed by atoms with Crippen LogP contribution in [0.2, 0.25) is 0 Å². The molecule has 0 aliphatic heterocycles. The summed E-state index contributed by atoms with van der Waals surface area (Å²) in [6.07, 6.45) is 0.783. The second kappa shape index (κ2) is 6.38. The summed E-state index contributed by atoms with van der Waals surface area (Å²) in [4.78, 5) is 20.2. The van der Waals surface area contributed by atoms with Crippen molar-refractivity contribution < 1.29 is 0 Å². The summed E-state index contributed by atoms with van der Waals surface area (Å²) in [5, 5.41) is 0. The number of benzene rings is 1. The van der Waals surface area contributed by atoms with E-state index in [9.17, 15) is 4.79 Å². The summed E-state index contributed by atoms with van der Waals surface area (Å²) >= 11 is 3.72. The highest BCUT2D eigenvalue weighted by atomic mass is 127. The number of aryl methyl sites for hydroxylation is 1. The number of hydrogen-bond donors (Lipinski definition) is 1. The first-order valence-corrected chi connectivity index (χ1v) is 7.72. The maximum atomic E-state index is 11.7. The van der Waals surface area contributed by atoms with Gasteiger partial charge in [0.1, 0.15) is 5.82 Å². The van der Waals surface area contributed by atoms with Crippen LogP contribution in [0.15, 0.2) is 40.0 Å².